The van der Waals surface area contributed by atoms with E-state index in [1.807, 2.05) is 0 Å². The van der Waals surface area contributed by atoms with E-state index in [1.165, 1.54) is 0 Å². The summed E-state index contributed by atoms with van der Waals surface area (Å²) in [5.41, 5.74) is -0.111. The first-order valence-electron chi connectivity index (χ1n) is 6.75. The molecule has 2 aliphatic heterocycles. The number of nitrogens with zero attached hydrogens (tertiary/aromatic N) is 1. The lowest BCUT2D eigenvalue weighted by Gasteiger charge is -2.30. The Morgan fingerprint density at radius 2 is 2.32 bits per heavy atom. The second kappa shape index (κ2) is 5.48. The minimum absolute atomic E-state index is 0.0859. The molecule has 0 aromatic heterocycles. The van der Waals surface area contributed by atoms with Crippen LogP contribution < -0.4 is 0 Å². The van der Waals surface area contributed by atoms with Gasteiger partial charge in [-0.1, -0.05) is 0 Å². The van der Waals surface area contributed by atoms with Crippen molar-refractivity contribution in [3.05, 3.63) is 11.9 Å². The summed E-state index contributed by atoms with van der Waals surface area (Å²) in [4.78, 5) is 2.25. The van der Waals surface area contributed by atoms with Crippen LogP contribution in [0.15, 0.2) is 11.9 Å². The largest absolute Gasteiger partial charge is 0.388 e. The lowest BCUT2D eigenvalue weighted by molar-refractivity contribution is -0.0503. The average Bonchev–Trinajstić information content (AvgIpc) is 2.78. The summed E-state index contributed by atoms with van der Waals surface area (Å²) in [6.07, 6.45) is 2.35. The van der Waals surface area contributed by atoms with E-state index in [2.05, 4.69) is 4.90 Å². The molecule has 5 heteroatoms. The summed E-state index contributed by atoms with van der Waals surface area (Å²) in [7, 11) is 1.68. The van der Waals surface area contributed by atoms with Crippen molar-refractivity contribution in [2.45, 2.75) is 43.9 Å². The first kappa shape index (κ1) is 14.9. The van der Waals surface area contributed by atoms with E-state index in [9.17, 15) is 9.50 Å². The van der Waals surface area contributed by atoms with Crippen LogP contribution in [0.1, 0.15) is 26.7 Å². The number of rotatable bonds is 5. The summed E-state index contributed by atoms with van der Waals surface area (Å²) in [6.45, 7) is 5.81. The molecule has 2 heterocycles. The summed E-state index contributed by atoms with van der Waals surface area (Å²) in [6, 6.07) is 0. The number of halogens is 1. The monoisotopic (exact) mass is 273 g/mol. The molecule has 110 valence electrons. The molecule has 19 heavy (non-hydrogen) atoms. The van der Waals surface area contributed by atoms with Crippen LogP contribution >= 0.6 is 0 Å². The summed E-state index contributed by atoms with van der Waals surface area (Å²) in [5.74, 6) is 0. The highest BCUT2D eigenvalue weighted by molar-refractivity contribution is 5.20. The van der Waals surface area contributed by atoms with Gasteiger partial charge in [0.15, 0.2) is 0 Å². The van der Waals surface area contributed by atoms with Crippen molar-refractivity contribution in [2.24, 2.45) is 0 Å². The van der Waals surface area contributed by atoms with Crippen LogP contribution in [0.2, 0.25) is 0 Å². The molecule has 2 saturated heterocycles. The van der Waals surface area contributed by atoms with Gasteiger partial charge in [0.1, 0.15) is 0 Å². The maximum atomic E-state index is 12.7. The molecule has 2 atom stereocenters. The van der Waals surface area contributed by atoms with Gasteiger partial charge >= 0.3 is 0 Å². The van der Waals surface area contributed by atoms with E-state index < -0.39 is 5.60 Å². The molecule has 0 spiro atoms. The van der Waals surface area contributed by atoms with E-state index in [4.69, 9.17) is 9.47 Å². The Hall–Kier alpha value is -0.490. The smallest absolute Gasteiger partial charge is 0.0872 e. The molecule has 0 aromatic carbocycles. The third-order valence-electron chi connectivity index (χ3n) is 3.89. The van der Waals surface area contributed by atoms with Crippen LogP contribution in [0.5, 0.6) is 0 Å². The standard InChI is InChI=1S/C14H24FNO3/c1-13(2,17)9-19-12-5-14(10-18-3)4-11(6-15)7-16(14)8-12/h6,12,17H,4-5,7-10H2,1-3H3/b11-6+/t12-,14+/m0/s1. The summed E-state index contributed by atoms with van der Waals surface area (Å²) in [5, 5.41) is 9.71. The van der Waals surface area contributed by atoms with E-state index in [-0.39, 0.29) is 11.6 Å². The Balaban J connectivity index is 1.98. The van der Waals surface area contributed by atoms with Gasteiger partial charge in [-0.3, -0.25) is 4.90 Å². The summed E-state index contributed by atoms with van der Waals surface area (Å²) >= 11 is 0. The van der Waals surface area contributed by atoms with Gasteiger partial charge in [-0.15, -0.1) is 0 Å². The van der Waals surface area contributed by atoms with Crippen molar-refractivity contribution in [3.8, 4) is 0 Å². The third-order valence-corrected chi connectivity index (χ3v) is 3.89. The number of aliphatic hydroxyl groups is 1. The molecule has 2 rings (SSSR count). The molecule has 2 aliphatic rings. The van der Waals surface area contributed by atoms with E-state index >= 15 is 0 Å². The van der Waals surface area contributed by atoms with Gasteiger partial charge in [0.05, 0.1) is 36.8 Å². The Kier molecular flexibility index (Phi) is 4.30. The van der Waals surface area contributed by atoms with E-state index in [1.54, 1.807) is 21.0 Å². The molecule has 2 fully saturated rings. The van der Waals surface area contributed by atoms with Crippen molar-refractivity contribution >= 4 is 0 Å². The molecular formula is C14H24FNO3. The van der Waals surface area contributed by atoms with Crippen molar-refractivity contribution in [2.75, 3.05) is 33.4 Å². The van der Waals surface area contributed by atoms with Gasteiger partial charge < -0.3 is 14.6 Å². The van der Waals surface area contributed by atoms with Gasteiger partial charge in [0.2, 0.25) is 0 Å². The molecule has 0 amide bonds. The molecule has 0 saturated carbocycles. The number of ether oxygens (including phenoxy) is 2. The normalized spacial score (nSPS) is 34.2. The molecule has 0 aliphatic carbocycles. The Bertz CT molecular complexity index is 353. The van der Waals surface area contributed by atoms with Crippen LogP contribution in [-0.4, -0.2) is 60.7 Å². The fourth-order valence-corrected chi connectivity index (χ4v) is 3.17. The van der Waals surface area contributed by atoms with Crippen LogP contribution in [0.4, 0.5) is 4.39 Å². The second-order valence-electron chi connectivity index (χ2n) is 6.43. The quantitative estimate of drug-likeness (QED) is 0.824. The van der Waals surface area contributed by atoms with Gasteiger partial charge in [-0.05, 0) is 32.3 Å². The molecular weight excluding hydrogens is 249 g/mol. The van der Waals surface area contributed by atoms with Gasteiger partial charge in [0.25, 0.3) is 0 Å². The Morgan fingerprint density at radius 1 is 1.58 bits per heavy atom. The fraction of sp³-hybridized carbons (Fsp3) is 0.857. The zero-order valence-electron chi connectivity index (χ0n) is 12.0. The van der Waals surface area contributed by atoms with Gasteiger partial charge in [-0.25, -0.2) is 4.39 Å². The minimum atomic E-state index is -0.814. The lowest BCUT2D eigenvalue weighted by Crippen LogP contribution is -2.42. The van der Waals surface area contributed by atoms with Crippen molar-refractivity contribution in [1.29, 1.82) is 0 Å². The van der Waals surface area contributed by atoms with Crippen LogP contribution in [0.25, 0.3) is 0 Å². The maximum Gasteiger partial charge on any atom is 0.0872 e. The third kappa shape index (κ3) is 3.34. The highest BCUT2D eigenvalue weighted by atomic mass is 19.1. The molecule has 0 aromatic rings. The molecule has 0 bridgehead atoms. The van der Waals surface area contributed by atoms with Crippen LogP contribution in [0.3, 0.4) is 0 Å². The minimum Gasteiger partial charge on any atom is -0.388 e. The molecule has 0 radical (unpaired) electrons. The molecule has 0 unspecified atom stereocenters. The van der Waals surface area contributed by atoms with Crippen LogP contribution in [0, 0.1) is 0 Å². The molecule has 1 N–H and O–H groups in total. The lowest BCUT2D eigenvalue weighted by atomic mass is 9.93. The zero-order chi connectivity index (χ0) is 14.1. The predicted molar refractivity (Wildman–Crippen MR) is 70.6 cm³/mol. The number of hydrogen-bond acceptors (Lipinski definition) is 4. The van der Waals surface area contributed by atoms with Gasteiger partial charge in [0, 0.05) is 20.2 Å². The highest BCUT2D eigenvalue weighted by Gasteiger charge is 2.50. The Labute approximate surface area is 114 Å². The van der Waals surface area contributed by atoms with Crippen LogP contribution in [-0.2, 0) is 9.47 Å². The van der Waals surface area contributed by atoms with E-state index in [0.29, 0.717) is 26.2 Å². The second-order valence-corrected chi connectivity index (χ2v) is 6.43. The van der Waals surface area contributed by atoms with Crippen molar-refractivity contribution < 1.29 is 19.0 Å². The maximum absolute atomic E-state index is 12.7. The fourth-order valence-electron chi connectivity index (χ4n) is 3.17. The van der Waals surface area contributed by atoms with Gasteiger partial charge in [-0.2, -0.15) is 0 Å². The highest BCUT2D eigenvalue weighted by Crippen LogP contribution is 2.42. The first-order chi connectivity index (χ1) is 8.88. The zero-order valence-corrected chi connectivity index (χ0v) is 12.0. The van der Waals surface area contributed by atoms with Crippen molar-refractivity contribution in [3.63, 3.8) is 0 Å². The average molecular weight is 273 g/mol. The predicted octanol–water partition coefficient (Wildman–Crippen LogP) is 1.49. The topological polar surface area (TPSA) is 41.9 Å². The van der Waals surface area contributed by atoms with Crippen molar-refractivity contribution in [1.82, 2.24) is 4.90 Å². The Morgan fingerprint density at radius 3 is 2.89 bits per heavy atom. The first-order valence-corrected chi connectivity index (χ1v) is 6.75. The SMILES string of the molecule is COC[C@]12C/C(=C\F)CN1C[C@@H](OCC(C)(C)O)C2. The number of hydrogen-bond donors (Lipinski definition) is 1. The number of methoxy groups -OCH3 is 1. The van der Waals surface area contributed by atoms with E-state index in [0.717, 1.165) is 24.9 Å². The number of fused-ring (bicyclic) bond motifs is 1. The summed E-state index contributed by atoms with van der Waals surface area (Å²) < 4.78 is 23.8. The molecule has 4 nitrogen and oxygen atoms in total.